The molecule has 0 saturated heterocycles. The fourth-order valence-corrected chi connectivity index (χ4v) is 13.9. The van der Waals surface area contributed by atoms with Crippen LogP contribution in [0.3, 0.4) is 0 Å². The number of benzene rings is 8. The summed E-state index contributed by atoms with van der Waals surface area (Å²) < 4.78 is 0. The molecule has 0 unspecified atom stereocenters. The van der Waals surface area contributed by atoms with E-state index in [0.717, 1.165) is 12.8 Å². The summed E-state index contributed by atoms with van der Waals surface area (Å²) in [7, 11) is 0. The van der Waals surface area contributed by atoms with Crippen molar-refractivity contribution in [3.05, 3.63) is 217 Å². The Morgan fingerprint density at radius 3 is 1.21 bits per heavy atom. The van der Waals surface area contributed by atoms with Crippen molar-refractivity contribution >= 4 is 27.8 Å². The summed E-state index contributed by atoms with van der Waals surface area (Å²) in [6.45, 7) is 29.3. The SMILES string of the molecule is Cc1ccccc1C(CCc1cc2c3c(c1)C(C)(C)c1ccc4c5c6c(c(c-3c15)C2(C)C)C(C)(C)c1cc(N(c2ccccc2C)c2ccccc2C)cc(c1-6)C4(C)C)c1ccccc1C. The van der Waals surface area contributed by atoms with Crippen LogP contribution in [0.4, 0.5) is 17.1 Å². The first-order valence-corrected chi connectivity index (χ1v) is 24.5. The maximum Gasteiger partial charge on any atom is 0.0490 e. The van der Waals surface area contributed by atoms with Crippen molar-refractivity contribution in [3.8, 4) is 22.3 Å². The molecule has 0 aromatic heterocycles. The lowest BCUT2D eigenvalue weighted by molar-refractivity contribution is 0.599. The zero-order valence-corrected chi connectivity index (χ0v) is 41.1. The van der Waals surface area contributed by atoms with E-state index in [-0.39, 0.29) is 21.7 Å². The van der Waals surface area contributed by atoms with Gasteiger partial charge in [-0.05, 0) is 181 Å². The molecule has 0 bridgehead atoms. The average Bonchev–Trinajstić information content (AvgIpc) is 3.66. The van der Waals surface area contributed by atoms with Gasteiger partial charge in [-0.1, -0.05) is 165 Å². The number of anilines is 3. The van der Waals surface area contributed by atoms with Gasteiger partial charge in [0.2, 0.25) is 0 Å². The second-order valence-electron chi connectivity index (χ2n) is 22.6. The van der Waals surface area contributed by atoms with Crippen molar-refractivity contribution in [2.24, 2.45) is 0 Å². The quantitative estimate of drug-likeness (QED) is 0.147. The number of hydrogen-bond acceptors (Lipinski definition) is 1. The van der Waals surface area contributed by atoms with Gasteiger partial charge in [-0.15, -0.1) is 0 Å². The van der Waals surface area contributed by atoms with Crippen molar-refractivity contribution in [1.29, 1.82) is 0 Å². The third-order valence-corrected chi connectivity index (χ3v) is 17.4. The Morgan fingerprint density at radius 1 is 0.394 bits per heavy atom. The predicted molar refractivity (Wildman–Crippen MR) is 280 cm³/mol. The first-order valence-electron chi connectivity index (χ1n) is 24.5. The van der Waals surface area contributed by atoms with E-state index < -0.39 is 0 Å². The number of nitrogens with zero attached hydrogens (tertiary/aromatic N) is 1. The van der Waals surface area contributed by atoms with Gasteiger partial charge in [0.05, 0.1) is 0 Å². The molecule has 4 aliphatic rings. The highest BCUT2D eigenvalue weighted by Gasteiger charge is 2.54. The van der Waals surface area contributed by atoms with Crippen LogP contribution in [0.25, 0.3) is 33.0 Å². The lowest BCUT2D eigenvalue weighted by Gasteiger charge is -2.41. The van der Waals surface area contributed by atoms with Crippen molar-refractivity contribution in [3.63, 3.8) is 0 Å². The summed E-state index contributed by atoms with van der Waals surface area (Å²) in [5.74, 6) is 0.327. The van der Waals surface area contributed by atoms with E-state index in [4.69, 9.17) is 0 Å². The lowest BCUT2D eigenvalue weighted by Crippen LogP contribution is -2.28. The van der Waals surface area contributed by atoms with E-state index in [9.17, 15) is 0 Å². The molecule has 66 heavy (non-hydrogen) atoms. The maximum atomic E-state index is 2.65. The summed E-state index contributed by atoms with van der Waals surface area (Å²) in [5.41, 5.74) is 30.6. The number of aryl methyl sites for hydroxylation is 5. The topological polar surface area (TPSA) is 3.24 Å². The Kier molecular flexibility index (Phi) is 8.56. The third-order valence-electron chi connectivity index (χ3n) is 17.4. The number of fused-ring (bicyclic) bond motifs is 1. The second kappa shape index (κ2) is 13.7. The Morgan fingerprint density at radius 2 is 0.773 bits per heavy atom. The summed E-state index contributed by atoms with van der Waals surface area (Å²) in [5, 5.41) is 3.03. The van der Waals surface area contributed by atoms with Gasteiger partial charge in [0.25, 0.3) is 0 Å². The number of rotatable bonds is 8. The summed E-state index contributed by atoms with van der Waals surface area (Å²) in [6.07, 6.45) is 2.08. The molecule has 1 heteroatoms. The lowest BCUT2D eigenvalue weighted by atomic mass is 9.62. The van der Waals surface area contributed by atoms with Crippen LogP contribution >= 0.6 is 0 Å². The van der Waals surface area contributed by atoms with Crippen molar-refractivity contribution in [1.82, 2.24) is 0 Å². The van der Waals surface area contributed by atoms with Crippen molar-refractivity contribution < 1.29 is 0 Å². The molecule has 328 valence electrons. The van der Waals surface area contributed by atoms with Gasteiger partial charge in [0.1, 0.15) is 0 Å². The van der Waals surface area contributed by atoms with Crippen LogP contribution in [0, 0.1) is 27.7 Å². The Bertz CT molecular complexity index is 3330. The van der Waals surface area contributed by atoms with E-state index in [1.54, 1.807) is 11.1 Å². The highest BCUT2D eigenvalue weighted by atomic mass is 15.1. The average molecular weight is 858 g/mol. The summed E-state index contributed by atoms with van der Waals surface area (Å²) >= 11 is 0. The van der Waals surface area contributed by atoms with Crippen molar-refractivity contribution in [2.75, 3.05) is 4.90 Å². The third kappa shape index (κ3) is 5.29. The smallest absolute Gasteiger partial charge is 0.0490 e. The first kappa shape index (κ1) is 41.3. The molecule has 0 spiro atoms. The highest BCUT2D eigenvalue weighted by molar-refractivity contribution is 6.19. The van der Waals surface area contributed by atoms with Gasteiger partial charge in [-0.25, -0.2) is 0 Å². The minimum Gasteiger partial charge on any atom is -0.310 e. The maximum absolute atomic E-state index is 2.65. The zero-order valence-electron chi connectivity index (χ0n) is 41.1. The molecule has 8 aromatic carbocycles. The summed E-state index contributed by atoms with van der Waals surface area (Å²) in [4.78, 5) is 2.54. The molecule has 0 amide bonds. The number of hydrogen-bond donors (Lipinski definition) is 0. The molecule has 0 saturated carbocycles. The Hall–Kier alpha value is -6.18. The molecule has 1 nitrogen and oxygen atoms in total. The Labute approximate surface area is 393 Å². The molecular weight excluding hydrogens is 795 g/mol. The highest BCUT2D eigenvalue weighted by Crippen LogP contribution is 2.69. The second-order valence-corrected chi connectivity index (χ2v) is 22.6. The molecule has 4 aliphatic carbocycles. The first-order chi connectivity index (χ1) is 31.5. The predicted octanol–water partition coefficient (Wildman–Crippen LogP) is 17.2. The standard InChI is InChI=1S/C65H63N/c1-37-21-13-17-25-43(37)45(44-26-18-14-22-38(44)2)30-29-41-33-48-54-49(34-41)64(9,10)60-58(54)56-46(62(48,5)6)31-32-47-57(56)59-55-50(63(47,7)8)35-42(36-51(55)65(11,12)61(59)60)66(52-27-19-15-23-39(52)3)53-28-20-16-24-40(53)4/h13-28,31-36,45H,29-30H2,1-12H3. The van der Waals surface area contributed by atoms with Gasteiger partial charge in [-0.2, -0.15) is 0 Å². The van der Waals surface area contributed by atoms with E-state index in [2.05, 4.69) is 221 Å². The molecule has 12 rings (SSSR count). The molecule has 0 fully saturated rings. The largest absolute Gasteiger partial charge is 0.310 e. The minimum atomic E-state index is -0.240. The van der Waals surface area contributed by atoms with Gasteiger partial charge in [0.15, 0.2) is 0 Å². The van der Waals surface area contributed by atoms with E-state index in [0.29, 0.717) is 5.92 Å². The van der Waals surface area contributed by atoms with Crippen LogP contribution in [0.15, 0.2) is 133 Å². The normalized spacial score (nSPS) is 16.6. The van der Waals surface area contributed by atoms with Gasteiger partial charge in [0, 0.05) is 44.6 Å². The van der Waals surface area contributed by atoms with Crippen LogP contribution in [0.2, 0.25) is 0 Å². The Balaban J connectivity index is 1.09. The van der Waals surface area contributed by atoms with Crippen LogP contribution in [0.5, 0.6) is 0 Å². The molecule has 0 atom stereocenters. The molecule has 0 N–H and O–H groups in total. The van der Waals surface area contributed by atoms with Gasteiger partial charge in [-0.3, -0.25) is 0 Å². The minimum absolute atomic E-state index is 0.171. The number of para-hydroxylation sites is 2. The fourth-order valence-electron chi connectivity index (χ4n) is 13.9. The molecule has 0 aliphatic heterocycles. The summed E-state index contributed by atoms with van der Waals surface area (Å²) in [6, 6.07) is 51.5. The van der Waals surface area contributed by atoms with Gasteiger partial charge < -0.3 is 4.90 Å². The van der Waals surface area contributed by atoms with E-state index in [1.807, 2.05) is 0 Å². The molecule has 0 heterocycles. The van der Waals surface area contributed by atoms with Gasteiger partial charge >= 0.3 is 0 Å². The molecule has 0 radical (unpaired) electrons. The molecule has 8 aromatic rings. The zero-order chi connectivity index (χ0) is 46.0. The van der Waals surface area contributed by atoms with Crippen LogP contribution in [-0.2, 0) is 28.1 Å². The fraction of sp³-hybridized carbons (Fsp3) is 0.292. The van der Waals surface area contributed by atoms with Crippen molar-refractivity contribution in [2.45, 2.75) is 124 Å². The molecular formula is C65H63N. The van der Waals surface area contributed by atoms with E-state index >= 15 is 0 Å². The van der Waals surface area contributed by atoms with Crippen LogP contribution in [0.1, 0.15) is 151 Å². The van der Waals surface area contributed by atoms with Crippen LogP contribution < -0.4 is 4.90 Å². The van der Waals surface area contributed by atoms with E-state index in [1.165, 1.54) is 122 Å². The monoisotopic (exact) mass is 857 g/mol. The van der Waals surface area contributed by atoms with Crippen LogP contribution in [-0.4, -0.2) is 0 Å².